The SMILES string of the molecule is O=C1C(=Cc2ccccc2OCc2ccccc2)SC(=S)N1c1ccc(Oc2ccccc2)cc1. The highest BCUT2D eigenvalue weighted by atomic mass is 32.2. The molecule has 4 nitrogen and oxygen atoms in total. The van der Waals surface area contributed by atoms with Crippen LogP contribution in [0.3, 0.4) is 0 Å². The topological polar surface area (TPSA) is 38.8 Å². The lowest BCUT2D eigenvalue weighted by atomic mass is 10.1. The molecule has 1 heterocycles. The van der Waals surface area contributed by atoms with Gasteiger partial charge in [-0.15, -0.1) is 0 Å². The third kappa shape index (κ3) is 5.45. The molecule has 4 aromatic carbocycles. The van der Waals surface area contributed by atoms with Gasteiger partial charge in [0.1, 0.15) is 23.9 Å². The Balaban J connectivity index is 1.32. The molecule has 0 spiro atoms. The minimum Gasteiger partial charge on any atom is -0.488 e. The lowest BCUT2D eigenvalue weighted by Crippen LogP contribution is -2.27. The van der Waals surface area contributed by atoms with Crippen molar-refractivity contribution in [2.24, 2.45) is 0 Å². The van der Waals surface area contributed by atoms with Crippen LogP contribution in [0.2, 0.25) is 0 Å². The standard InChI is InChI=1S/C29H21NO3S2/c31-28-27(19-22-11-7-8-14-26(22)32-20-21-9-3-1-4-10-21)35-29(34)30(28)23-15-17-25(18-16-23)33-24-12-5-2-6-13-24/h1-19H,20H2. The highest BCUT2D eigenvalue weighted by Crippen LogP contribution is 2.38. The number of ether oxygens (including phenoxy) is 2. The van der Waals surface area contributed by atoms with Crippen LogP contribution < -0.4 is 14.4 Å². The van der Waals surface area contributed by atoms with Crippen molar-refractivity contribution >= 4 is 46.0 Å². The molecule has 5 rings (SSSR count). The second-order valence-corrected chi connectivity index (χ2v) is 9.41. The van der Waals surface area contributed by atoms with Gasteiger partial charge in [-0.05, 0) is 54.1 Å². The van der Waals surface area contributed by atoms with Gasteiger partial charge in [-0.1, -0.05) is 90.7 Å². The van der Waals surface area contributed by atoms with Crippen molar-refractivity contribution in [2.45, 2.75) is 6.61 Å². The number of carbonyl (C=O) groups is 1. The average molecular weight is 496 g/mol. The van der Waals surface area contributed by atoms with Crippen LogP contribution in [0.15, 0.2) is 114 Å². The van der Waals surface area contributed by atoms with Gasteiger partial charge in [0.25, 0.3) is 5.91 Å². The normalized spacial score (nSPS) is 14.4. The van der Waals surface area contributed by atoms with Crippen LogP contribution in [-0.4, -0.2) is 10.2 Å². The fraction of sp³-hybridized carbons (Fsp3) is 0.0345. The maximum absolute atomic E-state index is 13.3. The number of hydrogen-bond donors (Lipinski definition) is 0. The van der Waals surface area contributed by atoms with Crippen molar-refractivity contribution in [3.63, 3.8) is 0 Å². The van der Waals surface area contributed by atoms with Gasteiger partial charge in [0.05, 0.1) is 10.6 Å². The molecule has 1 amide bonds. The van der Waals surface area contributed by atoms with E-state index in [-0.39, 0.29) is 5.91 Å². The van der Waals surface area contributed by atoms with Gasteiger partial charge in [-0.3, -0.25) is 9.69 Å². The Kier molecular flexibility index (Phi) is 6.93. The minimum atomic E-state index is -0.158. The Morgan fingerprint density at radius 3 is 2.14 bits per heavy atom. The molecule has 4 aromatic rings. The maximum Gasteiger partial charge on any atom is 0.270 e. The second kappa shape index (κ2) is 10.6. The molecular formula is C29H21NO3S2. The van der Waals surface area contributed by atoms with E-state index in [1.54, 1.807) is 4.90 Å². The zero-order valence-corrected chi connectivity index (χ0v) is 20.3. The monoisotopic (exact) mass is 495 g/mol. The fourth-order valence-electron chi connectivity index (χ4n) is 3.59. The van der Waals surface area contributed by atoms with Crippen LogP contribution in [0.4, 0.5) is 5.69 Å². The van der Waals surface area contributed by atoms with E-state index >= 15 is 0 Å². The molecule has 0 unspecified atom stereocenters. The number of nitrogens with zero attached hydrogens (tertiary/aromatic N) is 1. The van der Waals surface area contributed by atoms with Crippen molar-refractivity contribution in [3.8, 4) is 17.2 Å². The van der Waals surface area contributed by atoms with Crippen molar-refractivity contribution in [1.82, 2.24) is 0 Å². The van der Waals surface area contributed by atoms with Crippen LogP contribution in [-0.2, 0) is 11.4 Å². The van der Waals surface area contributed by atoms with Crippen LogP contribution >= 0.6 is 24.0 Å². The zero-order valence-electron chi connectivity index (χ0n) is 18.7. The maximum atomic E-state index is 13.3. The molecule has 1 fully saturated rings. The van der Waals surface area contributed by atoms with E-state index in [0.717, 1.165) is 16.9 Å². The van der Waals surface area contributed by atoms with E-state index in [9.17, 15) is 4.79 Å². The summed E-state index contributed by atoms with van der Waals surface area (Å²) >= 11 is 6.83. The van der Waals surface area contributed by atoms with Crippen LogP contribution in [0.1, 0.15) is 11.1 Å². The summed E-state index contributed by atoms with van der Waals surface area (Å²) in [6.07, 6.45) is 1.84. The predicted molar refractivity (Wildman–Crippen MR) is 146 cm³/mol. The Bertz CT molecular complexity index is 1370. The molecule has 1 aliphatic heterocycles. The molecule has 0 saturated carbocycles. The summed E-state index contributed by atoms with van der Waals surface area (Å²) in [4.78, 5) is 15.4. The Morgan fingerprint density at radius 1 is 0.771 bits per heavy atom. The van der Waals surface area contributed by atoms with E-state index in [4.69, 9.17) is 21.7 Å². The molecule has 0 atom stereocenters. The minimum absolute atomic E-state index is 0.158. The third-order valence-corrected chi connectivity index (χ3v) is 6.61. The third-order valence-electron chi connectivity index (χ3n) is 5.31. The Labute approximate surface area is 213 Å². The van der Waals surface area contributed by atoms with Gasteiger partial charge in [-0.25, -0.2) is 0 Å². The number of thiocarbonyl (C=S) groups is 1. The fourth-order valence-corrected chi connectivity index (χ4v) is 4.88. The lowest BCUT2D eigenvalue weighted by molar-refractivity contribution is -0.113. The summed E-state index contributed by atoms with van der Waals surface area (Å²) in [5, 5.41) is 0. The van der Waals surface area contributed by atoms with Crippen LogP contribution in [0.25, 0.3) is 6.08 Å². The number of thioether (sulfide) groups is 1. The number of rotatable bonds is 7. The Hall–Kier alpha value is -3.87. The summed E-state index contributed by atoms with van der Waals surface area (Å²) in [6.45, 7) is 0.448. The predicted octanol–water partition coefficient (Wildman–Crippen LogP) is 7.46. The van der Waals surface area contributed by atoms with Gasteiger partial charge in [0.15, 0.2) is 4.32 Å². The van der Waals surface area contributed by atoms with Crippen molar-refractivity contribution < 1.29 is 14.3 Å². The molecule has 0 N–H and O–H groups in total. The average Bonchev–Trinajstić information content (AvgIpc) is 3.17. The van der Waals surface area contributed by atoms with Crippen molar-refractivity contribution in [3.05, 3.63) is 125 Å². The van der Waals surface area contributed by atoms with Gasteiger partial charge in [0.2, 0.25) is 0 Å². The highest BCUT2D eigenvalue weighted by molar-refractivity contribution is 8.27. The van der Waals surface area contributed by atoms with E-state index in [1.165, 1.54) is 11.8 Å². The molecule has 0 aliphatic carbocycles. The first kappa shape index (κ1) is 22.9. The number of carbonyl (C=O) groups excluding carboxylic acids is 1. The number of hydrogen-bond acceptors (Lipinski definition) is 5. The molecule has 35 heavy (non-hydrogen) atoms. The molecule has 0 radical (unpaired) electrons. The first-order valence-corrected chi connectivity index (χ1v) is 12.3. The molecule has 6 heteroatoms. The van der Waals surface area contributed by atoms with Gasteiger partial charge in [-0.2, -0.15) is 0 Å². The van der Waals surface area contributed by atoms with Crippen molar-refractivity contribution in [2.75, 3.05) is 4.90 Å². The number of anilines is 1. The molecule has 1 saturated heterocycles. The number of amides is 1. The van der Waals surface area contributed by atoms with Gasteiger partial charge >= 0.3 is 0 Å². The summed E-state index contributed by atoms with van der Waals surface area (Å²) in [7, 11) is 0. The van der Waals surface area contributed by atoms with E-state index in [0.29, 0.717) is 33.0 Å². The summed E-state index contributed by atoms with van der Waals surface area (Å²) in [6, 6.07) is 34.5. The second-order valence-electron chi connectivity index (χ2n) is 7.74. The van der Waals surface area contributed by atoms with E-state index in [2.05, 4.69) is 0 Å². The smallest absolute Gasteiger partial charge is 0.270 e. The summed E-state index contributed by atoms with van der Waals surface area (Å²) < 4.78 is 12.4. The number of para-hydroxylation sites is 2. The molecule has 0 aromatic heterocycles. The van der Waals surface area contributed by atoms with Gasteiger partial charge < -0.3 is 9.47 Å². The van der Waals surface area contributed by atoms with E-state index in [1.807, 2.05) is 115 Å². The van der Waals surface area contributed by atoms with E-state index < -0.39 is 0 Å². The largest absolute Gasteiger partial charge is 0.488 e. The molecule has 172 valence electrons. The Morgan fingerprint density at radius 2 is 1.40 bits per heavy atom. The molecule has 1 aliphatic rings. The summed E-state index contributed by atoms with van der Waals surface area (Å²) in [5.41, 5.74) is 2.61. The zero-order chi connectivity index (χ0) is 24.0. The van der Waals surface area contributed by atoms with Crippen LogP contribution in [0, 0.1) is 0 Å². The highest BCUT2D eigenvalue weighted by Gasteiger charge is 2.33. The first-order chi connectivity index (χ1) is 17.2. The quantitative estimate of drug-likeness (QED) is 0.196. The van der Waals surface area contributed by atoms with Gasteiger partial charge in [0, 0.05) is 5.56 Å². The lowest BCUT2D eigenvalue weighted by Gasteiger charge is -2.15. The van der Waals surface area contributed by atoms with Crippen LogP contribution in [0.5, 0.6) is 17.2 Å². The number of benzene rings is 4. The molecule has 0 bridgehead atoms. The molecular weight excluding hydrogens is 474 g/mol. The summed E-state index contributed by atoms with van der Waals surface area (Å²) in [5.74, 6) is 1.99. The van der Waals surface area contributed by atoms with Crippen molar-refractivity contribution in [1.29, 1.82) is 0 Å². The first-order valence-electron chi connectivity index (χ1n) is 11.0.